The Kier molecular flexibility index (Phi) is 6.95. The van der Waals surface area contributed by atoms with Gasteiger partial charge in [-0.15, -0.1) is 0 Å². The van der Waals surface area contributed by atoms with Crippen LogP contribution in [0.1, 0.15) is 44.0 Å². The van der Waals surface area contributed by atoms with Gasteiger partial charge < -0.3 is 24.8 Å². The van der Waals surface area contributed by atoms with Gasteiger partial charge in [-0.05, 0) is 37.8 Å². The second kappa shape index (κ2) is 9.42. The molecule has 1 saturated heterocycles. The number of nitrogens with zero attached hydrogens (tertiary/aromatic N) is 2. The van der Waals surface area contributed by atoms with E-state index in [1.807, 2.05) is 12.2 Å². The number of carbonyl (C=O) groups excluding carboxylic acids is 1. The number of aromatic nitrogens is 2. The second-order valence-corrected chi connectivity index (χ2v) is 7.11. The maximum atomic E-state index is 12.3. The molecule has 0 bridgehead atoms. The van der Waals surface area contributed by atoms with Crippen LogP contribution in [-0.4, -0.2) is 61.9 Å². The lowest BCUT2D eigenvalue weighted by Gasteiger charge is -2.18. The quantitative estimate of drug-likeness (QED) is 0.463. The van der Waals surface area contributed by atoms with Crippen LogP contribution in [0.25, 0.3) is 0 Å². The number of carbonyl (C=O) groups is 1. The number of hydrogen-bond donors (Lipinski definition) is 3. The largest absolute Gasteiger partial charge is 0.458 e. The lowest BCUT2D eigenvalue weighted by atomic mass is 10.0. The zero-order valence-electron chi connectivity index (χ0n) is 15.5. The van der Waals surface area contributed by atoms with Crippen molar-refractivity contribution in [3.05, 3.63) is 40.6 Å². The fraction of sp³-hybridized carbons (Fsp3) is 0.632. The molecule has 1 unspecified atom stereocenters. The van der Waals surface area contributed by atoms with Crippen LogP contribution in [0.15, 0.2) is 29.2 Å². The van der Waals surface area contributed by atoms with Crippen LogP contribution in [0.2, 0.25) is 0 Å². The highest BCUT2D eigenvalue weighted by Gasteiger charge is 2.43. The topological polar surface area (TPSA) is 131 Å². The molecule has 0 aromatic carbocycles. The number of rotatable bonds is 5. The molecule has 1 aliphatic heterocycles. The van der Waals surface area contributed by atoms with Crippen LogP contribution in [0.4, 0.5) is 0 Å². The molecule has 0 saturated carbocycles. The molecule has 9 heteroatoms. The van der Waals surface area contributed by atoms with Crippen LogP contribution in [0, 0.1) is 0 Å². The Bertz CT molecular complexity index is 763. The summed E-state index contributed by atoms with van der Waals surface area (Å²) in [7, 11) is 0. The summed E-state index contributed by atoms with van der Waals surface area (Å²) in [5.74, 6) is -0.465. The number of allylic oxidation sites excluding steroid dienone is 1. The molecule has 0 amide bonds. The average Bonchev–Trinajstić information content (AvgIpc) is 2.92. The molecule has 1 aromatic heterocycles. The van der Waals surface area contributed by atoms with E-state index < -0.39 is 42.8 Å². The van der Waals surface area contributed by atoms with Gasteiger partial charge in [0.25, 0.3) is 0 Å². The van der Waals surface area contributed by atoms with E-state index in [-0.39, 0.29) is 18.2 Å². The van der Waals surface area contributed by atoms with E-state index in [1.165, 1.54) is 12.3 Å². The normalized spacial score (nSPS) is 31.8. The standard InChI is InChI=1S/C19H26N2O7/c22-11-14-16(24)17(25)18(28-14)21-9-8-12(20-19(21)26)10-15(23)27-13-6-4-2-1-3-5-7-13/h4,6,8-9,13-14,16-18,22,24-25H,1-3,5,7,10-11H2/b6-4+/t13?,14-,16-,17+,18-/m1/s1. The minimum atomic E-state index is -1.38. The van der Waals surface area contributed by atoms with E-state index in [4.69, 9.17) is 14.6 Å². The highest BCUT2D eigenvalue weighted by Crippen LogP contribution is 2.28. The average molecular weight is 394 g/mol. The van der Waals surface area contributed by atoms with Crippen molar-refractivity contribution in [3.8, 4) is 0 Å². The van der Waals surface area contributed by atoms with Crippen molar-refractivity contribution in [1.29, 1.82) is 0 Å². The van der Waals surface area contributed by atoms with Crippen LogP contribution in [0.3, 0.4) is 0 Å². The number of aliphatic hydroxyl groups excluding tert-OH is 3. The predicted molar refractivity (Wildman–Crippen MR) is 97.3 cm³/mol. The van der Waals surface area contributed by atoms with E-state index >= 15 is 0 Å². The summed E-state index contributed by atoms with van der Waals surface area (Å²) >= 11 is 0. The molecule has 0 radical (unpaired) electrons. The molecule has 3 N–H and O–H groups in total. The highest BCUT2D eigenvalue weighted by atomic mass is 16.6. The van der Waals surface area contributed by atoms with Crippen molar-refractivity contribution in [2.45, 2.75) is 69.2 Å². The first-order valence-corrected chi connectivity index (χ1v) is 9.56. The SMILES string of the molecule is O=C(Cc1ccn([C@@H]2O[C@H](CO)[C@@H](O)[C@@H]2O)c(=O)n1)OC1/C=C/CCCCC1. The smallest absolute Gasteiger partial charge is 0.350 e. The van der Waals surface area contributed by atoms with E-state index in [0.29, 0.717) is 0 Å². The summed E-state index contributed by atoms with van der Waals surface area (Å²) in [5, 5.41) is 29.0. The molecule has 3 rings (SSSR count). The Morgan fingerprint density at radius 1 is 1.29 bits per heavy atom. The lowest BCUT2D eigenvalue weighted by molar-refractivity contribution is -0.146. The maximum Gasteiger partial charge on any atom is 0.350 e. The number of hydrogen-bond acceptors (Lipinski definition) is 8. The van der Waals surface area contributed by atoms with Gasteiger partial charge in [-0.1, -0.05) is 12.5 Å². The van der Waals surface area contributed by atoms with Crippen LogP contribution < -0.4 is 5.69 Å². The summed E-state index contributed by atoms with van der Waals surface area (Å²) in [6.45, 7) is -0.490. The predicted octanol–water partition coefficient (Wildman–Crippen LogP) is -0.171. The van der Waals surface area contributed by atoms with Crippen molar-refractivity contribution < 1.29 is 29.6 Å². The van der Waals surface area contributed by atoms with Crippen molar-refractivity contribution in [2.24, 2.45) is 0 Å². The van der Waals surface area contributed by atoms with Crippen LogP contribution in [-0.2, 0) is 20.7 Å². The molecule has 0 spiro atoms. The Morgan fingerprint density at radius 3 is 2.82 bits per heavy atom. The fourth-order valence-corrected chi connectivity index (χ4v) is 3.44. The first-order valence-electron chi connectivity index (χ1n) is 9.56. The zero-order valence-corrected chi connectivity index (χ0v) is 15.5. The molecule has 1 aliphatic carbocycles. The molecule has 9 nitrogen and oxygen atoms in total. The second-order valence-electron chi connectivity index (χ2n) is 7.11. The first-order chi connectivity index (χ1) is 13.5. The number of esters is 1. The third-order valence-corrected chi connectivity index (χ3v) is 5.00. The van der Waals surface area contributed by atoms with Gasteiger partial charge in [0.15, 0.2) is 6.23 Å². The minimum Gasteiger partial charge on any atom is -0.458 e. The molecular weight excluding hydrogens is 368 g/mol. The van der Waals surface area contributed by atoms with E-state index in [1.54, 1.807) is 0 Å². The number of aliphatic hydroxyl groups is 3. The summed E-state index contributed by atoms with van der Waals surface area (Å²) < 4.78 is 11.8. The Balaban J connectivity index is 1.63. The van der Waals surface area contributed by atoms with Gasteiger partial charge in [-0.2, -0.15) is 4.98 Å². The Morgan fingerprint density at radius 2 is 2.11 bits per heavy atom. The van der Waals surface area contributed by atoms with Gasteiger partial charge in [0.2, 0.25) is 0 Å². The van der Waals surface area contributed by atoms with Gasteiger partial charge >= 0.3 is 11.7 Å². The first kappa shape index (κ1) is 20.7. The van der Waals surface area contributed by atoms with E-state index in [0.717, 1.165) is 36.7 Å². The summed E-state index contributed by atoms with van der Waals surface area (Å²) in [4.78, 5) is 28.3. The molecule has 1 aromatic rings. The third kappa shape index (κ3) is 4.85. The molecule has 28 heavy (non-hydrogen) atoms. The third-order valence-electron chi connectivity index (χ3n) is 5.00. The molecule has 1 fully saturated rings. The van der Waals surface area contributed by atoms with Gasteiger partial charge in [0.1, 0.15) is 24.4 Å². The highest BCUT2D eigenvalue weighted by molar-refractivity contribution is 5.72. The summed E-state index contributed by atoms with van der Waals surface area (Å²) in [6.07, 6.45) is 5.06. The van der Waals surface area contributed by atoms with Gasteiger partial charge in [0.05, 0.1) is 18.7 Å². The molecule has 2 heterocycles. The Labute approximate surface area is 162 Å². The van der Waals surface area contributed by atoms with Crippen LogP contribution in [0.5, 0.6) is 0 Å². The molecule has 154 valence electrons. The number of ether oxygens (including phenoxy) is 2. The molecule has 5 atom stereocenters. The fourth-order valence-electron chi connectivity index (χ4n) is 3.44. The minimum absolute atomic E-state index is 0.142. The molecule has 2 aliphatic rings. The van der Waals surface area contributed by atoms with Gasteiger partial charge in [0, 0.05) is 6.20 Å². The van der Waals surface area contributed by atoms with Crippen LogP contribution >= 0.6 is 0 Å². The van der Waals surface area contributed by atoms with Crippen molar-refractivity contribution in [2.75, 3.05) is 6.61 Å². The van der Waals surface area contributed by atoms with E-state index in [2.05, 4.69) is 4.98 Å². The van der Waals surface area contributed by atoms with Crippen molar-refractivity contribution in [3.63, 3.8) is 0 Å². The van der Waals surface area contributed by atoms with Crippen molar-refractivity contribution in [1.82, 2.24) is 9.55 Å². The maximum absolute atomic E-state index is 12.3. The van der Waals surface area contributed by atoms with E-state index in [9.17, 15) is 19.8 Å². The van der Waals surface area contributed by atoms with Gasteiger partial charge in [-0.25, -0.2) is 4.79 Å². The zero-order chi connectivity index (χ0) is 20.1. The Hall–Kier alpha value is -2.07. The lowest BCUT2D eigenvalue weighted by Crippen LogP contribution is -2.36. The van der Waals surface area contributed by atoms with Crippen molar-refractivity contribution >= 4 is 5.97 Å². The van der Waals surface area contributed by atoms with Gasteiger partial charge in [-0.3, -0.25) is 9.36 Å². The summed E-state index contributed by atoms with van der Waals surface area (Å²) in [6, 6.07) is 1.46. The molecular formula is C19H26N2O7. The monoisotopic (exact) mass is 394 g/mol. The summed E-state index contributed by atoms with van der Waals surface area (Å²) in [5.41, 5.74) is -0.487.